The molecule has 2 aliphatic rings. The highest BCUT2D eigenvalue weighted by Crippen LogP contribution is 2.26. The van der Waals surface area contributed by atoms with E-state index in [2.05, 4.69) is 38.2 Å². The zero-order chi connectivity index (χ0) is 49.6. The Bertz CT molecular complexity index is 1280. The van der Waals surface area contributed by atoms with Gasteiger partial charge < -0.3 is 64.2 Å². The molecule has 0 bridgehead atoms. The van der Waals surface area contributed by atoms with Crippen LogP contribution in [0.1, 0.15) is 206 Å². The maximum Gasteiger partial charge on any atom is 0.306 e. The van der Waals surface area contributed by atoms with Gasteiger partial charge in [-0.1, -0.05) is 154 Å². The first kappa shape index (κ1) is 62.1. The largest absolute Gasteiger partial charge is 0.462 e. The predicted octanol–water partition coefficient (Wildman–Crippen LogP) is 7.94. The van der Waals surface area contributed by atoms with Crippen LogP contribution in [-0.4, -0.2) is 142 Å². The SMILES string of the molecule is CCCCCC/C=C/CCCCCCCCCCCC(=O)O[C@H](COC(=O)CCCCCCC/C=C/CCCCCCCC)CO[C@H]1O[C@@H](CO[C@H]2O[C@@H](CO)[C@@H](O)C(O)C2O)[C@@H](O)C(O)C1O. The first-order valence-corrected chi connectivity index (χ1v) is 26.9. The van der Waals surface area contributed by atoms with Crippen molar-refractivity contribution in [3.05, 3.63) is 24.3 Å². The molecule has 0 aromatic rings. The Morgan fingerprint density at radius 3 is 1.31 bits per heavy atom. The van der Waals surface area contributed by atoms with E-state index < -0.39 is 92.7 Å². The monoisotopic (exact) mass is 973 g/mol. The number of unbranched alkanes of at least 4 members (excludes halogenated alkanes) is 24. The molecule has 2 rings (SSSR count). The number of aliphatic hydroxyl groups excluding tert-OH is 7. The van der Waals surface area contributed by atoms with Crippen molar-refractivity contribution < 1.29 is 73.8 Å². The molecule has 0 amide bonds. The molecule has 0 spiro atoms. The summed E-state index contributed by atoms with van der Waals surface area (Å²) in [6, 6.07) is 0. The lowest BCUT2D eigenvalue weighted by Gasteiger charge is -2.42. The molecule has 398 valence electrons. The molecule has 15 heteroatoms. The van der Waals surface area contributed by atoms with Crippen LogP contribution < -0.4 is 0 Å². The van der Waals surface area contributed by atoms with Crippen molar-refractivity contribution in [3.8, 4) is 0 Å². The average molecular weight is 973 g/mol. The minimum absolute atomic E-state index is 0.163. The fourth-order valence-corrected chi connectivity index (χ4v) is 8.44. The molecule has 2 saturated heterocycles. The molecule has 11 atom stereocenters. The summed E-state index contributed by atoms with van der Waals surface area (Å²) in [6.45, 7) is 2.58. The molecular weight excluding hydrogens is 877 g/mol. The number of allylic oxidation sites excluding steroid dienone is 4. The van der Waals surface area contributed by atoms with Crippen molar-refractivity contribution in [2.75, 3.05) is 26.4 Å². The van der Waals surface area contributed by atoms with Crippen molar-refractivity contribution in [1.82, 2.24) is 0 Å². The van der Waals surface area contributed by atoms with Crippen molar-refractivity contribution in [2.24, 2.45) is 0 Å². The Morgan fingerprint density at radius 2 is 0.838 bits per heavy atom. The van der Waals surface area contributed by atoms with E-state index >= 15 is 0 Å². The molecule has 4 unspecified atom stereocenters. The van der Waals surface area contributed by atoms with E-state index in [1.807, 2.05) is 0 Å². The third-order valence-electron chi connectivity index (χ3n) is 12.9. The quantitative estimate of drug-likeness (QED) is 0.0175. The van der Waals surface area contributed by atoms with E-state index in [-0.39, 0.29) is 26.1 Å². The molecule has 15 nitrogen and oxygen atoms in total. The number of esters is 2. The highest BCUT2D eigenvalue weighted by atomic mass is 16.7. The number of rotatable bonds is 42. The van der Waals surface area contributed by atoms with Crippen LogP contribution in [0.5, 0.6) is 0 Å². The topological polar surface area (TPSA) is 231 Å². The van der Waals surface area contributed by atoms with Gasteiger partial charge in [0.05, 0.1) is 19.8 Å². The molecule has 2 heterocycles. The van der Waals surface area contributed by atoms with Crippen molar-refractivity contribution in [3.63, 3.8) is 0 Å². The lowest BCUT2D eigenvalue weighted by atomic mass is 9.98. The Morgan fingerprint density at radius 1 is 0.456 bits per heavy atom. The van der Waals surface area contributed by atoms with Gasteiger partial charge in [0.15, 0.2) is 18.7 Å². The van der Waals surface area contributed by atoms with E-state index in [4.69, 9.17) is 28.4 Å². The van der Waals surface area contributed by atoms with Gasteiger partial charge in [0, 0.05) is 12.8 Å². The molecule has 0 aromatic heterocycles. The van der Waals surface area contributed by atoms with E-state index in [0.717, 1.165) is 64.2 Å². The van der Waals surface area contributed by atoms with E-state index in [9.17, 15) is 45.3 Å². The van der Waals surface area contributed by atoms with Crippen LogP contribution in [0.4, 0.5) is 0 Å². The van der Waals surface area contributed by atoms with Gasteiger partial charge in [-0.25, -0.2) is 0 Å². The maximum absolute atomic E-state index is 13.0. The molecule has 68 heavy (non-hydrogen) atoms. The zero-order valence-corrected chi connectivity index (χ0v) is 42.1. The van der Waals surface area contributed by atoms with Gasteiger partial charge in [-0.05, 0) is 64.2 Å². The molecule has 0 aliphatic carbocycles. The summed E-state index contributed by atoms with van der Waals surface area (Å²) in [4.78, 5) is 25.8. The second-order valence-corrected chi connectivity index (χ2v) is 19.0. The van der Waals surface area contributed by atoms with Crippen LogP contribution in [0.3, 0.4) is 0 Å². The zero-order valence-electron chi connectivity index (χ0n) is 42.1. The van der Waals surface area contributed by atoms with Crippen LogP contribution in [0.2, 0.25) is 0 Å². The highest BCUT2D eigenvalue weighted by Gasteiger charge is 2.47. The first-order valence-electron chi connectivity index (χ1n) is 26.9. The number of carbonyl (C=O) groups excluding carboxylic acids is 2. The Balaban J connectivity index is 1.79. The lowest BCUT2D eigenvalue weighted by Crippen LogP contribution is -2.61. The lowest BCUT2D eigenvalue weighted by molar-refractivity contribution is -0.332. The van der Waals surface area contributed by atoms with Crippen LogP contribution in [0.15, 0.2) is 24.3 Å². The summed E-state index contributed by atoms with van der Waals surface area (Å²) in [5.41, 5.74) is 0. The Hall–Kier alpha value is -2.02. The molecule has 0 radical (unpaired) electrons. The van der Waals surface area contributed by atoms with Gasteiger partial charge in [-0.2, -0.15) is 0 Å². The number of carbonyl (C=O) groups is 2. The minimum atomic E-state index is -1.76. The van der Waals surface area contributed by atoms with Gasteiger partial charge in [0.1, 0.15) is 55.4 Å². The summed E-state index contributed by atoms with van der Waals surface area (Å²) in [5.74, 6) is -0.931. The fourth-order valence-electron chi connectivity index (χ4n) is 8.44. The number of hydrogen-bond acceptors (Lipinski definition) is 15. The number of aliphatic hydroxyl groups is 7. The smallest absolute Gasteiger partial charge is 0.306 e. The second kappa shape index (κ2) is 40.6. The number of hydrogen-bond donors (Lipinski definition) is 7. The highest BCUT2D eigenvalue weighted by molar-refractivity contribution is 5.70. The summed E-state index contributed by atoms with van der Waals surface area (Å²) in [6.07, 6.45) is 24.8. The van der Waals surface area contributed by atoms with Gasteiger partial charge in [-0.15, -0.1) is 0 Å². The predicted molar refractivity (Wildman–Crippen MR) is 261 cm³/mol. The van der Waals surface area contributed by atoms with Crippen molar-refractivity contribution in [2.45, 2.75) is 274 Å². The van der Waals surface area contributed by atoms with E-state index in [1.54, 1.807) is 0 Å². The Kier molecular flexibility index (Phi) is 37.0. The van der Waals surface area contributed by atoms with Gasteiger partial charge in [0.2, 0.25) is 0 Å². The summed E-state index contributed by atoms with van der Waals surface area (Å²) in [7, 11) is 0. The molecule has 0 saturated carbocycles. The normalized spacial score (nSPS) is 25.9. The summed E-state index contributed by atoms with van der Waals surface area (Å²) < 4.78 is 33.6. The molecule has 0 aromatic carbocycles. The van der Waals surface area contributed by atoms with Crippen LogP contribution >= 0.6 is 0 Å². The standard InChI is InChI=1S/C53H96O15/c1-3-5-7-9-11-13-15-17-19-20-22-24-26-28-30-32-34-36-45(56)66-41(38-63-44(55)35-33-31-29-27-25-23-21-18-16-14-12-10-8-6-4-2)39-64-52-51(62)49(60)47(58)43(68-52)40-65-53-50(61)48(59)46(57)42(37-54)67-53/h13,15,18,21,41-43,46-54,57-62H,3-12,14,16-17,19-20,22-40H2,1-2H3/b15-13+,21-18+/t41-,42+,43+,46-,47-,48?,49?,50?,51?,52+,53+/m1/s1. The van der Waals surface area contributed by atoms with Gasteiger partial charge in [0.25, 0.3) is 0 Å². The molecule has 7 N–H and O–H groups in total. The molecule has 2 aliphatic heterocycles. The molecular formula is C53H96O15. The van der Waals surface area contributed by atoms with E-state index in [0.29, 0.717) is 12.8 Å². The Labute approximate surface area is 409 Å². The van der Waals surface area contributed by atoms with Crippen molar-refractivity contribution in [1.29, 1.82) is 0 Å². The van der Waals surface area contributed by atoms with E-state index in [1.165, 1.54) is 103 Å². The fraction of sp³-hybridized carbons (Fsp3) is 0.887. The van der Waals surface area contributed by atoms with Crippen molar-refractivity contribution >= 4 is 11.9 Å². The second-order valence-electron chi connectivity index (χ2n) is 19.0. The van der Waals surface area contributed by atoms with Crippen LogP contribution in [0, 0.1) is 0 Å². The average Bonchev–Trinajstić information content (AvgIpc) is 3.33. The summed E-state index contributed by atoms with van der Waals surface area (Å²) in [5, 5.41) is 72.1. The summed E-state index contributed by atoms with van der Waals surface area (Å²) >= 11 is 0. The van der Waals surface area contributed by atoms with Crippen LogP contribution in [0.25, 0.3) is 0 Å². The molecule has 2 fully saturated rings. The van der Waals surface area contributed by atoms with Gasteiger partial charge >= 0.3 is 11.9 Å². The third-order valence-corrected chi connectivity index (χ3v) is 12.9. The number of ether oxygens (including phenoxy) is 6. The van der Waals surface area contributed by atoms with Crippen LogP contribution in [-0.2, 0) is 38.0 Å². The van der Waals surface area contributed by atoms with Gasteiger partial charge in [-0.3, -0.25) is 9.59 Å². The third kappa shape index (κ3) is 28.1. The first-order chi connectivity index (χ1) is 33.0. The minimum Gasteiger partial charge on any atom is -0.462 e. The maximum atomic E-state index is 13.0.